The van der Waals surface area contributed by atoms with Crippen LogP contribution in [0.25, 0.3) is 0 Å². The van der Waals surface area contributed by atoms with Gasteiger partial charge >= 0.3 is 0 Å². The minimum absolute atomic E-state index is 0.0474. The van der Waals surface area contributed by atoms with Crippen molar-refractivity contribution in [1.29, 1.82) is 0 Å². The van der Waals surface area contributed by atoms with Crippen LogP contribution in [0.5, 0.6) is 0 Å². The largest absolute Gasteiger partial charge is 0.337 e. The summed E-state index contributed by atoms with van der Waals surface area (Å²) in [5.41, 5.74) is 0.973. The number of carbonyl (C=O) groups excluding carboxylic acids is 1. The minimum atomic E-state index is -3.70. The molecule has 0 spiro atoms. The van der Waals surface area contributed by atoms with Crippen LogP contribution in [0.1, 0.15) is 22.3 Å². The summed E-state index contributed by atoms with van der Waals surface area (Å²) in [6.07, 6.45) is 2.22. The monoisotopic (exact) mass is 431 g/mol. The van der Waals surface area contributed by atoms with Gasteiger partial charge in [-0.1, -0.05) is 30.3 Å². The highest BCUT2D eigenvalue weighted by atomic mass is 32.2. The first-order valence-corrected chi connectivity index (χ1v) is 11.3. The molecule has 1 aliphatic rings. The number of rotatable bonds is 7. The molecule has 0 aliphatic carbocycles. The van der Waals surface area contributed by atoms with E-state index in [0.29, 0.717) is 37.3 Å². The number of amides is 1. The first-order valence-electron chi connectivity index (χ1n) is 9.86. The molecule has 160 valence electrons. The molecule has 1 saturated heterocycles. The average Bonchev–Trinajstić information content (AvgIpc) is 2.99. The predicted molar refractivity (Wildman–Crippen MR) is 114 cm³/mol. The summed E-state index contributed by atoms with van der Waals surface area (Å²) in [5.74, 6) is -0.429. The third kappa shape index (κ3) is 5.53. The van der Waals surface area contributed by atoms with Crippen molar-refractivity contribution in [1.82, 2.24) is 14.5 Å². The Balaban J connectivity index is 1.67. The summed E-state index contributed by atoms with van der Waals surface area (Å²) >= 11 is 0. The summed E-state index contributed by atoms with van der Waals surface area (Å²) in [6, 6.07) is 12.8. The molecule has 3 rings (SSSR count). The quantitative estimate of drug-likeness (QED) is 0.685. The standard InChI is InChI=1S/C22H26FN3O3S/c1-2-11-24-30(28,29)20-9-5-8-18(16-20)22(27)26-13-6-12-25(14-15-26)17-19-7-3-4-10-21(19)23/h2-5,7-10,16,24H,1,6,11-15,17H2. The zero-order valence-corrected chi connectivity index (χ0v) is 17.6. The van der Waals surface area contributed by atoms with E-state index in [4.69, 9.17) is 0 Å². The molecule has 0 atom stereocenters. The fraction of sp³-hybridized carbons (Fsp3) is 0.318. The van der Waals surface area contributed by atoms with Crippen molar-refractivity contribution in [2.45, 2.75) is 17.9 Å². The third-order valence-corrected chi connectivity index (χ3v) is 6.46. The van der Waals surface area contributed by atoms with E-state index in [2.05, 4.69) is 16.2 Å². The lowest BCUT2D eigenvalue weighted by molar-refractivity contribution is 0.0760. The van der Waals surface area contributed by atoms with Crippen molar-refractivity contribution in [2.75, 3.05) is 32.7 Å². The molecular weight excluding hydrogens is 405 g/mol. The summed E-state index contributed by atoms with van der Waals surface area (Å²) in [5, 5.41) is 0. The van der Waals surface area contributed by atoms with E-state index < -0.39 is 10.0 Å². The molecule has 1 N–H and O–H groups in total. The number of nitrogens with zero attached hydrogens (tertiary/aromatic N) is 2. The van der Waals surface area contributed by atoms with Crippen molar-refractivity contribution < 1.29 is 17.6 Å². The lowest BCUT2D eigenvalue weighted by Gasteiger charge is -2.22. The van der Waals surface area contributed by atoms with E-state index >= 15 is 0 Å². The molecule has 1 heterocycles. The van der Waals surface area contributed by atoms with Crippen LogP contribution in [0, 0.1) is 5.82 Å². The zero-order chi connectivity index (χ0) is 21.6. The van der Waals surface area contributed by atoms with Crippen molar-refractivity contribution >= 4 is 15.9 Å². The molecule has 30 heavy (non-hydrogen) atoms. The number of hydrogen-bond acceptors (Lipinski definition) is 4. The molecule has 1 fully saturated rings. The SMILES string of the molecule is C=CCNS(=O)(=O)c1cccc(C(=O)N2CCCN(Cc3ccccc3F)CC2)c1. The molecule has 0 saturated carbocycles. The highest BCUT2D eigenvalue weighted by molar-refractivity contribution is 7.89. The first-order chi connectivity index (χ1) is 14.4. The van der Waals surface area contributed by atoms with Crippen LogP contribution in [-0.4, -0.2) is 56.8 Å². The number of nitrogens with one attached hydrogen (secondary N) is 1. The average molecular weight is 432 g/mol. The second kappa shape index (κ2) is 9.97. The minimum Gasteiger partial charge on any atom is -0.337 e. The van der Waals surface area contributed by atoms with Gasteiger partial charge in [0.05, 0.1) is 4.90 Å². The highest BCUT2D eigenvalue weighted by Crippen LogP contribution is 2.16. The Morgan fingerprint density at radius 1 is 1.10 bits per heavy atom. The molecule has 0 radical (unpaired) electrons. The second-order valence-electron chi connectivity index (χ2n) is 7.18. The highest BCUT2D eigenvalue weighted by Gasteiger charge is 2.22. The van der Waals surface area contributed by atoms with Gasteiger partial charge in [0.1, 0.15) is 5.82 Å². The van der Waals surface area contributed by atoms with E-state index in [1.54, 1.807) is 29.2 Å². The van der Waals surface area contributed by atoms with Gasteiger partial charge in [-0.2, -0.15) is 0 Å². The van der Waals surface area contributed by atoms with Gasteiger partial charge < -0.3 is 4.90 Å². The van der Waals surface area contributed by atoms with Gasteiger partial charge in [-0.15, -0.1) is 6.58 Å². The van der Waals surface area contributed by atoms with Crippen LogP contribution in [0.4, 0.5) is 4.39 Å². The maximum atomic E-state index is 13.9. The summed E-state index contributed by atoms with van der Waals surface area (Å²) in [4.78, 5) is 16.9. The fourth-order valence-corrected chi connectivity index (χ4v) is 4.47. The van der Waals surface area contributed by atoms with Gasteiger partial charge in [0.15, 0.2) is 0 Å². The van der Waals surface area contributed by atoms with Gasteiger partial charge in [0, 0.05) is 50.4 Å². The number of carbonyl (C=O) groups is 1. The molecule has 0 unspecified atom stereocenters. The molecule has 8 heteroatoms. The van der Waals surface area contributed by atoms with Gasteiger partial charge in [0.25, 0.3) is 5.91 Å². The van der Waals surface area contributed by atoms with Crippen molar-refractivity contribution in [3.05, 3.63) is 78.1 Å². The normalized spacial score (nSPS) is 15.6. The smallest absolute Gasteiger partial charge is 0.253 e. The third-order valence-electron chi connectivity index (χ3n) is 5.04. The Bertz CT molecular complexity index is 1010. The molecule has 2 aromatic carbocycles. The maximum Gasteiger partial charge on any atom is 0.253 e. The first kappa shape index (κ1) is 22.1. The van der Waals surface area contributed by atoms with Crippen LogP contribution in [0.3, 0.4) is 0 Å². The van der Waals surface area contributed by atoms with E-state index in [1.165, 1.54) is 24.3 Å². The van der Waals surface area contributed by atoms with Gasteiger partial charge in [-0.3, -0.25) is 9.69 Å². The Labute approximate surface area is 177 Å². The van der Waals surface area contributed by atoms with Gasteiger partial charge in [-0.05, 0) is 30.7 Å². The molecule has 6 nitrogen and oxygen atoms in total. The van der Waals surface area contributed by atoms with E-state index in [1.807, 2.05) is 6.07 Å². The Hall–Kier alpha value is -2.55. The summed E-state index contributed by atoms with van der Waals surface area (Å²) in [7, 11) is -3.70. The van der Waals surface area contributed by atoms with E-state index in [9.17, 15) is 17.6 Å². The zero-order valence-electron chi connectivity index (χ0n) is 16.8. The van der Waals surface area contributed by atoms with Crippen molar-refractivity contribution in [3.63, 3.8) is 0 Å². The number of hydrogen-bond donors (Lipinski definition) is 1. The van der Waals surface area contributed by atoms with E-state index in [-0.39, 0.29) is 23.2 Å². The van der Waals surface area contributed by atoms with Crippen LogP contribution in [0.15, 0.2) is 66.1 Å². The Morgan fingerprint density at radius 3 is 2.67 bits per heavy atom. The predicted octanol–water partition coefficient (Wildman–Crippen LogP) is 2.64. The van der Waals surface area contributed by atoms with Crippen LogP contribution < -0.4 is 4.72 Å². The lowest BCUT2D eigenvalue weighted by atomic mass is 10.2. The topological polar surface area (TPSA) is 69.7 Å². The van der Waals surface area contributed by atoms with Crippen LogP contribution in [0.2, 0.25) is 0 Å². The van der Waals surface area contributed by atoms with Crippen LogP contribution in [-0.2, 0) is 16.6 Å². The van der Waals surface area contributed by atoms with Gasteiger partial charge in [0.2, 0.25) is 10.0 Å². The molecule has 2 aromatic rings. The molecule has 1 aliphatic heterocycles. The molecule has 0 aromatic heterocycles. The van der Waals surface area contributed by atoms with Gasteiger partial charge in [-0.25, -0.2) is 17.5 Å². The molecule has 0 bridgehead atoms. The fourth-order valence-electron chi connectivity index (χ4n) is 3.43. The van der Waals surface area contributed by atoms with Crippen LogP contribution >= 0.6 is 0 Å². The van der Waals surface area contributed by atoms with E-state index in [0.717, 1.165) is 13.0 Å². The summed E-state index contributed by atoms with van der Waals surface area (Å²) < 4.78 is 41.0. The second-order valence-corrected chi connectivity index (χ2v) is 8.95. The van der Waals surface area contributed by atoms with Crippen molar-refractivity contribution in [3.8, 4) is 0 Å². The Kier molecular flexibility index (Phi) is 7.36. The molecule has 1 amide bonds. The molecular formula is C22H26FN3O3S. The summed E-state index contributed by atoms with van der Waals surface area (Å²) in [6.45, 7) is 6.56. The van der Waals surface area contributed by atoms with Crippen molar-refractivity contribution in [2.24, 2.45) is 0 Å². The lowest BCUT2D eigenvalue weighted by Crippen LogP contribution is -2.35. The number of benzene rings is 2. The number of halogens is 1. The Morgan fingerprint density at radius 2 is 1.90 bits per heavy atom. The maximum absolute atomic E-state index is 13.9. The number of sulfonamides is 1.